The molecule has 1 N–H and O–H groups in total. The van der Waals surface area contributed by atoms with Crippen LogP contribution in [0.5, 0.6) is 0 Å². The summed E-state index contributed by atoms with van der Waals surface area (Å²) in [7, 11) is 0. The SMILES string of the molecule is CCCCCn1cnnc1SCC(=O)Nc1c(C)cc(C)cc1C. The van der Waals surface area contributed by atoms with E-state index in [4.69, 9.17) is 0 Å². The molecule has 2 rings (SSSR count). The molecule has 2 aromatic rings. The lowest BCUT2D eigenvalue weighted by Gasteiger charge is -2.12. The third-order valence-corrected chi connectivity index (χ3v) is 4.84. The smallest absolute Gasteiger partial charge is 0.234 e. The van der Waals surface area contributed by atoms with Crippen molar-refractivity contribution in [2.24, 2.45) is 0 Å². The van der Waals surface area contributed by atoms with Crippen LogP contribution < -0.4 is 5.32 Å². The van der Waals surface area contributed by atoms with Gasteiger partial charge in [-0.2, -0.15) is 0 Å². The molecule has 0 saturated heterocycles. The number of carbonyl (C=O) groups is 1. The number of carbonyl (C=O) groups excluding carboxylic acids is 1. The van der Waals surface area contributed by atoms with Crippen molar-refractivity contribution in [3.05, 3.63) is 35.2 Å². The number of nitrogens with zero attached hydrogens (tertiary/aromatic N) is 3. The van der Waals surface area contributed by atoms with E-state index in [1.54, 1.807) is 6.33 Å². The van der Waals surface area contributed by atoms with E-state index >= 15 is 0 Å². The minimum absolute atomic E-state index is 0.0156. The van der Waals surface area contributed by atoms with Crippen molar-refractivity contribution in [1.82, 2.24) is 14.8 Å². The highest BCUT2D eigenvalue weighted by atomic mass is 32.2. The molecule has 0 spiro atoms. The Morgan fingerprint density at radius 3 is 2.58 bits per heavy atom. The van der Waals surface area contributed by atoms with Gasteiger partial charge in [0.2, 0.25) is 5.91 Å². The van der Waals surface area contributed by atoms with Crippen molar-refractivity contribution in [3.63, 3.8) is 0 Å². The number of hydrogen-bond acceptors (Lipinski definition) is 4. The molecule has 0 saturated carbocycles. The second-order valence-electron chi connectivity index (χ2n) is 6.12. The third kappa shape index (κ3) is 5.09. The highest BCUT2D eigenvalue weighted by molar-refractivity contribution is 7.99. The molecule has 1 aromatic carbocycles. The zero-order chi connectivity index (χ0) is 17.5. The van der Waals surface area contributed by atoms with Gasteiger partial charge in [0.25, 0.3) is 0 Å². The Morgan fingerprint density at radius 2 is 1.92 bits per heavy atom. The van der Waals surface area contributed by atoms with Gasteiger partial charge in [0.15, 0.2) is 5.16 Å². The predicted octanol–water partition coefficient (Wildman–Crippen LogP) is 4.12. The van der Waals surface area contributed by atoms with Crippen LogP contribution in [-0.4, -0.2) is 26.4 Å². The number of unbranched alkanes of at least 4 members (excludes halogenated alkanes) is 2. The van der Waals surface area contributed by atoms with E-state index in [9.17, 15) is 4.79 Å². The van der Waals surface area contributed by atoms with E-state index in [-0.39, 0.29) is 5.91 Å². The quantitative estimate of drug-likeness (QED) is 0.577. The molecule has 5 nitrogen and oxygen atoms in total. The number of anilines is 1. The van der Waals surface area contributed by atoms with Crippen molar-refractivity contribution in [1.29, 1.82) is 0 Å². The van der Waals surface area contributed by atoms with E-state index < -0.39 is 0 Å². The van der Waals surface area contributed by atoms with Crippen molar-refractivity contribution >= 4 is 23.4 Å². The molecule has 1 aromatic heterocycles. The van der Waals surface area contributed by atoms with Gasteiger partial charge in [-0.3, -0.25) is 4.79 Å². The number of hydrogen-bond donors (Lipinski definition) is 1. The van der Waals surface area contributed by atoms with Gasteiger partial charge in [0.05, 0.1) is 5.75 Å². The maximum Gasteiger partial charge on any atom is 0.234 e. The summed E-state index contributed by atoms with van der Waals surface area (Å²) >= 11 is 1.43. The van der Waals surface area contributed by atoms with Crippen LogP contribution >= 0.6 is 11.8 Å². The third-order valence-electron chi connectivity index (χ3n) is 3.86. The van der Waals surface area contributed by atoms with Crippen LogP contribution in [0.25, 0.3) is 0 Å². The molecule has 6 heteroatoms. The molecule has 0 atom stereocenters. The van der Waals surface area contributed by atoms with Gasteiger partial charge < -0.3 is 9.88 Å². The summed E-state index contributed by atoms with van der Waals surface area (Å²) < 4.78 is 2.02. The summed E-state index contributed by atoms with van der Waals surface area (Å²) in [6, 6.07) is 4.17. The predicted molar refractivity (Wildman–Crippen MR) is 99.6 cm³/mol. The van der Waals surface area contributed by atoms with Crippen molar-refractivity contribution in [2.45, 2.75) is 58.7 Å². The Hall–Kier alpha value is -1.82. The first kappa shape index (κ1) is 18.5. The average Bonchev–Trinajstić information content (AvgIpc) is 2.96. The summed E-state index contributed by atoms with van der Waals surface area (Å²) in [6.45, 7) is 9.19. The van der Waals surface area contributed by atoms with Gasteiger partial charge in [-0.15, -0.1) is 10.2 Å². The first-order valence-corrected chi connectivity index (χ1v) is 9.38. The molecule has 0 aliphatic heterocycles. The van der Waals surface area contributed by atoms with Gasteiger partial charge in [0.1, 0.15) is 6.33 Å². The number of nitrogens with one attached hydrogen (secondary N) is 1. The van der Waals surface area contributed by atoms with E-state index in [0.717, 1.165) is 34.9 Å². The fourth-order valence-electron chi connectivity index (χ4n) is 2.72. The zero-order valence-electron chi connectivity index (χ0n) is 14.9. The highest BCUT2D eigenvalue weighted by Gasteiger charge is 2.11. The highest BCUT2D eigenvalue weighted by Crippen LogP contribution is 2.23. The molecule has 1 amide bonds. The Kier molecular flexibility index (Phi) is 6.85. The second-order valence-corrected chi connectivity index (χ2v) is 7.07. The number of amides is 1. The monoisotopic (exact) mass is 346 g/mol. The van der Waals surface area contributed by atoms with E-state index in [2.05, 4.69) is 41.5 Å². The Balaban J connectivity index is 1.91. The minimum Gasteiger partial charge on any atom is -0.325 e. The fourth-order valence-corrected chi connectivity index (χ4v) is 3.47. The first-order chi connectivity index (χ1) is 11.5. The van der Waals surface area contributed by atoms with E-state index in [0.29, 0.717) is 5.75 Å². The van der Waals surface area contributed by atoms with Crippen molar-refractivity contribution in [2.75, 3.05) is 11.1 Å². The van der Waals surface area contributed by atoms with Crippen LogP contribution in [0.4, 0.5) is 5.69 Å². The lowest BCUT2D eigenvalue weighted by Crippen LogP contribution is -2.16. The summed E-state index contributed by atoms with van der Waals surface area (Å²) in [5, 5.41) is 11.9. The summed E-state index contributed by atoms with van der Waals surface area (Å²) in [4.78, 5) is 12.3. The number of thioether (sulfide) groups is 1. The van der Waals surface area contributed by atoms with Crippen molar-refractivity contribution in [3.8, 4) is 0 Å². The van der Waals surface area contributed by atoms with Crippen molar-refractivity contribution < 1.29 is 4.79 Å². The molecule has 0 bridgehead atoms. The van der Waals surface area contributed by atoms with Crippen LogP contribution in [0.3, 0.4) is 0 Å². The van der Waals surface area contributed by atoms with Gasteiger partial charge in [0, 0.05) is 12.2 Å². The Bertz CT molecular complexity index is 673. The molecule has 24 heavy (non-hydrogen) atoms. The van der Waals surface area contributed by atoms with Gasteiger partial charge in [-0.25, -0.2) is 0 Å². The van der Waals surface area contributed by atoms with Gasteiger partial charge >= 0.3 is 0 Å². The number of benzene rings is 1. The molecular weight excluding hydrogens is 320 g/mol. The number of aromatic nitrogens is 3. The topological polar surface area (TPSA) is 59.8 Å². The largest absolute Gasteiger partial charge is 0.325 e. The summed E-state index contributed by atoms with van der Waals surface area (Å²) in [5.41, 5.74) is 4.30. The summed E-state index contributed by atoms with van der Waals surface area (Å²) in [6.07, 6.45) is 5.22. The molecule has 0 unspecified atom stereocenters. The normalized spacial score (nSPS) is 10.8. The second kappa shape index (κ2) is 8.87. The number of aryl methyl sites for hydroxylation is 4. The van der Waals surface area contributed by atoms with Crippen LogP contribution in [0, 0.1) is 20.8 Å². The molecule has 0 radical (unpaired) electrons. The minimum atomic E-state index is -0.0156. The van der Waals surface area contributed by atoms with Gasteiger partial charge in [-0.1, -0.05) is 49.2 Å². The molecule has 0 fully saturated rings. The molecular formula is C18H26N4OS. The zero-order valence-corrected chi connectivity index (χ0v) is 15.7. The van der Waals surface area contributed by atoms with Crippen LogP contribution in [0.15, 0.2) is 23.6 Å². The van der Waals surface area contributed by atoms with Gasteiger partial charge in [-0.05, 0) is 38.3 Å². The maximum atomic E-state index is 12.3. The molecule has 1 heterocycles. The van der Waals surface area contributed by atoms with E-state index in [1.165, 1.54) is 30.2 Å². The number of rotatable bonds is 8. The Morgan fingerprint density at radius 1 is 1.21 bits per heavy atom. The van der Waals surface area contributed by atoms with Crippen LogP contribution in [-0.2, 0) is 11.3 Å². The average molecular weight is 347 g/mol. The Labute approximate surface area is 148 Å². The van der Waals surface area contributed by atoms with E-state index in [1.807, 2.05) is 18.4 Å². The summed E-state index contributed by atoms with van der Waals surface area (Å²) in [5.74, 6) is 0.317. The van der Waals surface area contributed by atoms with Crippen LogP contribution in [0.2, 0.25) is 0 Å². The van der Waals surface area contributed by atoms with Crippen LogP contribution in [0.1, 0.15) is 42.9 Å². The molecule has 130 valence electrons. The first-order valence-electron chi connectivity index (χ1n) is 8.39. The fraction of sp³-hybridized carbons (Fsp3) is 0.500. The standard InChI is InChI=1S/C18H26N4OS/c1-5-6-7-8-22-12-19-21-18(22)24-11-16(23)20-17-14(3)9-13(2)10-15(17)4/h9-10,12H,5-8,11H2,1-4H3,(H,20,23). The lowest BCUT2D eigenvalue weighted by molar-refractivity contribution is -0.113. The maximum absolute atomic E-state index is 12.3. The lowest BCUT2D eigenvalue weighted by atomic mass is 10.1. The molecule has 0 aliphatic carbocycles. The molecule has 0 aliphatic rings.